The number of benzene rings is 3. The van der Waals surface area contributed by atoms with E-state index in [0.717, 1.165) is 0 Å². The number of aliphatic hydroxyl groups excluding tert-OH is 1. The number of rotatable bonds is 7. The summed E-state index contributed by atoms with van der Waals surface area (Å²) in [7, 11) is 5.32. The average molecular weight is 902 g/mol. The molecule has 0 radical (unpaired) electrons. The van der Waals surface area contributed by atoms with E-state index < -0.39 is 71.1 Å². The molecule has 0 saturated carbocycles. The number of ketones is 1. The number of anilines is 1. The van der Waals surface area contributed by atoms with Gasteiger partial charge in [-0.25, -0.2) is 4.98 Å². The molecule has 5 heterocycles. The van der Waals surface area contributed by atoms with E-state index in [1.54, 1.807) is 32.1 Å². The van der Waals surface area contributed by atoms with Gasteiger partial charge in [-0.2, -0.15) is 0 Å². The fourth-order valence-electron chi connectivity index (χ4n) is 8.61. The molecule has 5 aliphatic heterocycles. The highest BCUT2D eigenvalue weighted by atomic mass is 32.2. The zero-order valence-electron chi connectivity index (χ0n) is 37.8. The van der Waals surface area contributed by atoms with Gasteiger partial charge in [0.25, 0.3) is 11.7 Å². The first-order valence-electron chi connectivity index (χ1n) is 21.0. The number of aromatic nitrogens is 1. The maximum Gasteiger partial charge on any atom is 0.312 e. The van der Waals surface area contributed by atoms with Crippen molar-refractivity contribution in [1.82, 2.24) is 9.88 Å². The fraction of sp³-hybridized carbons (Fsp3) is 0.468. The number of hydrogen-bond donors (Lipinski definition) is 3. The van der Waals surface area contributed by atoms with E-state index in [1.165, 1.54) is 52.0 Å². The first kappa shape index (κ1) is 46.5. The number of amides is 1. The van der Waals surface area contributed by atoms with Crippen molar-refractivity contribution in [2.24, 2.45) is 17.8 Å². The number of aliphatic hydroxyl groups is 1. The summed E-state index contributed by atoms with van der Waals surface area (Å²) in [5, 5.41) is 25.8. The molecule has 8 rings (SSSR count). The molecule has 6 aliphatic rings. The summed E-state index contributed by atoms with van der Waals surface area (Å²) in [6.07, 6.45) is 5.47. The summed E-state index contributed by atoms with van der Waals surface area (Å²) < 4.78 is 43.1. The predicted octanol–water partition coefficient (Wildman–Crippen LogP) is 6.38. The number of esters is 1. The van der Waals surface area contributed by atoms with Gasteiger partial charge in [-0.3, -0.25) is 19.2 Å². The van der Waals surface area contributed by atoms with Gasteiger partial charge in [-0.05, 0) is 46.3 Å². The van der Waals surface area contributed by atoms with Crippen molar-refractivity contribution < 1.29 is 57.4 Å². The van der Waals surface area contributed by atoms with Crippen molar-refractivity contribution in [3.63, 3.8) is 0 Å². The summed E-state index contributed by atoms with van der Waals surface area (Å²) >= 11 is 1.38. The number of ether oxygens (including phenoxy) is 6. The SMILES string of the molecule is CO[C@H]1/C=C/O[C@@]2(C)Oc3c(C)c(O)c4c(=O)c(c5oc6cc(OCCN(C)C)cc(SC)c6nc-5c4c3C2=O)NC(=O)/C(C)=C\C=C\[C@H](C)[C@@H]2O[C@H]([C@H](O)[C@@H]2C)[C@H](OC(C)=O)[C@@H]1C. The van der Waals surface area contributed by atoms with Gasteiger partial charge in [0.15, 0.2) is 11.3 Å². The van der Waals surface area contributed by atoms with Crippen LogP contribution in [-0.2, 0) is 28.5 Å². The Morgan fingerprint density at radius 1 is 1.06 bits per heavy atom. The smallest absolute Gasteiger partial charge is 0.312 e. The Morgan fingerprint density at radius 3 is 2.47 bits per heavy atom. The lowest BCUT2D eigenvalue weighted by Crippen LogP contribution is -2.46. The molecule has 0 unspecified atom stereocenters. The van der Waals surface area contributed by atoms with Crippen LogP contribution in [0.15, 0.2) is 62.4 Å². The summed E-state index contributed by atoms with van der Waals surface area (Å²) in [4.78, 5) is 63.8. The molecular formula is C47H55N3O13S. The monoisotopic (exact) mass is 901 g/mol. The number of phenols is 1. The second-order valence-corrected chi connectivity index (χ2v) is 17.9. The van der Waals surface area contributed by atoms with Crippen LogP contribution in [0.3, 0.4) is 0 Å². The number of carbonyl (C=O) groups is 3. The maximum atomic E-state index is 14.8. The lowest BCUT2D eigenvalue weighted by molar-refractivity contribution is -0.168. The number of allylic oxidation sites excluding steroid dienone is 2. The van der Waals surface area contributed by atoms with Crippen LogP contribution in [0, 0.1) is 24.7 Å². The molecule has 7 bridgehead atoms. The number of hydrogen-bond acceptors (Lipinski definition) is 16. The van der Waals surface area contributed by atoms with Crippen LogP contribution in [0.4, 0.5) is 5.69 Å². The van der Waals surface area contributed by atoms with Crippen molar-refractivity contribution in [3.05, 3.63) is 69.6 Å². The lowest BCUT2D eigenvalue weighted by atomic mass is 9.86. The van der Waals surface area contributed by atoms with Gasteiger partial charge in [0.05, 0.1) is 35.5 Å². The van der Waals surface area contributed by atoms with E-state index in [9.17, 15) is 29.4 Å². The minimum atomic E-state index is -2.03. The topological polar surface area (TPSA) is 205 Å². The van der Waals surface area contributed by atoms with Gasteiger partial charge >= 0.3 is 11.8 Å². The van der Waals surface area contributed by atoms with Crippen LogP contribution in [0.5, 0.6) is 17.2 Å². The fourth-order valence-corrected chi connectivity index (χ4v) is 9.19. The van der Waals surface area contributed by atoms with Gasteiger partial charge in [-0.15, -0.1) is 11.8 Å². The molecule has 1 fully saturated rings. The largest absolute Gasteiger partial charge is 0.507 e. The molecule has 0 aromatic heterocycles. The van der Waals surface area contributed by atoms with Crippen LogP contribution < -0.4 is 20.2 Å². The molecule has 1 saturated heterocycles. The Bertz CT molecular complexity index is 2640. The molecule has 64 heavy (non-hydrogen) atoms. The average Bonchev–Trinajstić information content (AvgIpc) is 3.69. The molecule has 0 spiro atoms. The molecule has 9 atom stereocenters. The Kier molecular flexibility index (Phi) is 13.2. The van der Waals surface area contributed by atoms with Crippen LogP contribution in [0.2, 0.25) is 0 Å². The number of nitrogens with zero attached hydrogens (tertiary/aromatic N) is 2. The minimum absolute atomic E-state index is 0.00200. The normalized spacial score (nSPS) is 29.2. The van der Waals surface area contributed by atoms with E-state index >= 15 is 0 Å². The first-order chi connectivity index (χ1) is 30.3. The molecule has 17 heteroatoms. The van der Waals surface area contributed by atoms with E-state index in [4.69, 9.17) is 37.8 Å². The zero-order chi connectivity index (χ0) is 46.5. The van der Waals surface area contributed by atoms with Crippen LogP contribution in [0.25, 0.3) is 33.3 Å². The van der Waals surface area contributed by atoms with Crippen LogP contribution in [0.1, 0.15) is 57.5 Å². The summed E-state index contributed by atoms with van der Waals surface area (Å²) in [5.74, 6) is -5.47. The number of carbonyl (C=O) groups excluding carboxylic acids is 3. The number of Topliss-reactive ketones (excluding diaryl/α,β-unsaturated/α-hetero) is 1. The molecular weight excluding hydrogens is 847 g/mol. The Morgan fingerprint density at radius 2 is 1.80 bits per heavy atom. The highest BCUT2D eigenvalue weighted by Crippen LogP contribution is 2.51. The molecule has 3 N–H and O–H groups in total. The highest BCUT2D eigenvalue weighted by Gasteiger charge is 2.51. The van der Waals surface area contributed by atoms with Crippen LogP contribution >= 0.6 is 11.8 Å². The van der Waals surface area contributed by atoms with Gasteiger partial charge in [-0.1, -0.05) is 39.0 Å². The van der Waals surface area contributed by atoms with Gasteiger partial charge in [0.2, 0.25) is 5.43 Å². The van der Waals surface area contributed by atoms with E-state index in [0.29, 0.717) is 29.3 Å². The van der Waals surface area contributed by atoms with Crippen LogP contribution in [-0.4, -0.2) is 115 Å². The Labute approximate surface area is 374 Å². The summed E-state index contributed by atoms with van der Waals surface area (Å²) in [6, 6.07) is 3.46. The van der Waals surface area contributed by atoms with Crippen molar-refractivity contribution in [1.29, 1.82) is 0 Å². The van der Waals surface area contributed by atoms with Gasteiger partial charge in [0.1, 0.15) is 53.0 Å². The van der Waals surface area contributed by atoms with E-state index in [1.807, 2.05) is 51.2 Å². The molecule has 342 valence electrons. The van der Waals surface area contributed by atoms with Gasteiger partial charge < -0.3 is 53.3 Å². The second-order valence-electron chi connectivity index (χ2n) is 17.1. The number of nitrogens with one attached hydrogen (secondary N) is 1. The predicted molar refractivity (Wildman–Crippen MR) is 240 cm³/mol. The minimum Gasteiger partial charge on any atom is -0.507 e. The van der Waals surface area contributed by atoms with E-state index in [2.05, 4.69) is 5.32 Å². The molecule has 16 nitrogen and oxygen atoms in total. The first-order valence-corrected chi connectivity index (χ1v) is 22.3. The Balaban J connectivity index is 1.46. The third kappa shape index (κ3) is 8.35. The summed E-state index contributed by atoms with van der Waals surface area (Å²) in [5.41, 5.74) is -0.344. The molecule has 2 aromatic carbocycles. The Hall–Kier alpha value is -5.46. The van der Waals surface area contributed by atoms with E-state index in [-0.39, 0.29) is 67.8 Å². The number of fused-ring (bicyclic) bond motifs is 9. The third-order valence-electron chi connectivity index (χ3n) is 12.3. The lowest BCUT2D eigenvalue weighted by Gasteiger charge is -2.33. The van der Waals surface area contributed by atoms with Crippen molar-refractivity contribution >= 4 is 57.0 Å². The quantitative estimate of drug-likeness (QED) is 0.0796. The summed E-state index contributed by atoms with van der Waals surface area (Å²) in [6.45, 7) is 12.3. The number of phenolic OH excluding ortho intramolecular Hbond substituents is 1. The number of aromatic hydroxyl groups is 1. The third-order valence-corrected chi connectivity index (χ3v) is 13.0. The number of thioether (sulfide) groups is 1. The highest BCUT2D eigenvalue weighted by molar-refractivity contribution is 7.98. The molecule has 1 aliphatic carbocycles. The molecule has 1 amide bonds. The van der Waals surface area contributed by atoms with Crippen molar-refractivity contribution in [2.45, 2.75) is 89.7 Å². The standard InChI is InChI=1S/C47H55N3O13S/c1-21-13-12-14-22(2)46(56)49-36-39(54)32-31(35-43(36)61-29-19-27(58-18-16-50(8)9)20-30(64-11)34(29)48-35)33-41(24(4)37(32)52)63-47(7,45(33)55)59-17-15-28(57-10)23(3)42(60-26(6)51)44-38(53)25(5)40(21)62-44/h12-15,17,19-21,23,25,28,38,40,42,44,52-53H,16,18H2,1-11H3,(H,49,56)/b13-12+,17-15+,22-14-/t21-,23+,25-,28-,38+,40-,42+,44+,47-/m0/s1. The van der Waals surface area contributed by atoms with Crippen molar-refractivity contribution in [3.8, 4) is 28.7 Å². The second kappa shape index (κ2) is 18.2. The molecule has 2 aromatic rings. The van der Waals surface area contributed by atoms with Gasteiger partial charge in [0, 0.05) is 72.7 Å². The number of likely N-dealkylation sites (N-methyl/N-ethyl adjacent to an activating group) is 1. The number of methoxy groups -OCH3 is 1. The maximum absolute atomic E-state index is 14.8. The van der Waals surface area contributed by atoms with Crippen molar-refractivity contribution in [2.75, 3.05) is 45.9 Å². The zero-order valence-corrected chi connectivity index (χ0v) is 38.6.